The standard InChI is InChI=1S/C14H15N3O4/c18-13-6-11(16-3-1-2-4-16)7-15-17(13)8-12-5-10(9-21-12)14(19)20/h5-7,9H,1-4,8H2,(H,19,20). The van der Waals surface area contributed by atoms with E-state index in [1.54, 1.807) is 12.3 Å². The third kappa shape index (κ3) is 2.81. The molecular formula is C14H15N3O4. The first-order valence-corrected chi connectivity index (χ1v) is 6.76. The van der Waals surface area contributed by atoms with E-state index in [4.69, 9.17) is 9.52 Å². The van der Waals surface area contributed by atoms with Crippen LogP contribution in [0.4, 0.5) is 5.69 Å². The maximum absolute atomic E-state index is 12.1. The molecule has 0 atom stereocenters. The smallest absolute Gasteiger partial charge is 0.338 e. The van der Waals surface area contributed by atoms with Gasteiger partial charge in [0.25, 0.3) is 5.56 Å². The summed E-state index contributed by atoms with van der Waals surface area (Å²) < 4.78 is 6.38. The lowest BCUT2D eigenvalue weighted by Gasteiger charge is -2.16. The van der Waals surface area contributed by atoms with Gasteiger partial charge in [0, 0.05) is 19.2 Å². The second-order valence-electron chi connectivity index (χ2n) is 5.01. The molecule has 0 unspecified atom stereocenters. The third-order valence-corrected chi connectivity index (χ3v) is 3.53. The van der Waals surface area contributed by atoms with Crippen LogP contribution in [0.2, 0.25) is 0 Å². The number of hydrogen-bond donors (Lipinski definition) is 1. The lowest BCUT2D eigenvalue weighted by molar-refractivity contribution is 0.0696. The third-order valence-electron chi connectivity index (χ3n) is 3.53. The summed E-state index contributed by atoms with van der Waals surface area (Å²) in [6.07, 6.45) is 5.08. The molecule has 2 aromatic heterocycles. The van der Waals surface area contributed by atoms with Gasteiger partial charge < -0.3 is 14.4 Å². The van der Waals surface area contributed by atoms with E-state index >= 15 is 0 Å². The predicted molar refractivity (Wildman–Crippen MR) is 74.7 cm³/mol. The van der Waals surface area contributed by atoms with E-state index < -0.39 is 5.97 Å². The first-order chi connectivity index (χ1) is 10.1. The number of anilines is 1. The highest BCUT2D eigenvalue weighted by atomic mass is 16.4. The van der Waals surface area contributed by atoms with Gasteiger partial charge in [-0.25, -0.2) is 9.48 Å². The Morgan fingerprint density at radius 3 is 2.71 bits per heavy atom. The number of carbonyl (C=O) groups is 1. The van der Waals surface area contributed by atoms with Crippen molar-refractivity contribution in [1.29, 1.82) is 0 Å². The summed E-state index contributed by atoms with van der Waals surface area (Å²) in [5, 5.41) is 13.0. The van der Waals surface area contributed by atoms with Crippen LogP contribution in [0.15, 0.2) is 33.8 Å². The van der Waals surface area contributed by atoms with Crippen LogP contribution >= 0.6 is 0 Å². The van der Waals surface area contributed by atoms with Crippen LogP contribution in [0.25, 0.3) is 0 Å². The Hall–Kier alpha value is -2.57. The molecule has 0 aromatic carbocycles. The van der Waals surface area contributed by atoms with Crippen molar-refractivity contribution in [3.63, 3.8) is 0 Å². The Bertz CT molecular complexity index is 713. The maximum atomic E-state index is 12.1. The van der Waals surface area contributed by atoms with Crippen LogP contribution in [0.5, 0.6) is 0 Å². The van der Waals surface area contributed by atoms with E-state index in [-0.39, 0.29) is 17.7 Å². The van der Waals surface area contributed by atoms with Crippen molar-refractivity contribution >= 4 is 11.7 Å². The molecule has 0 radical (unpaired) electrons. The van der Waals surface area contributed by atoms with Gasteiger partial charge in [0.15, 0.2) is 0 Å². The van der Waals surface area contributed by atoms with Crippen LogP contribution in [0.1, 0.15) is 29.0 Å². The largest absolute Gasteiger partial charge is 0.478 e. The Kier molecular flexibility index (Phi) is 3.47. The number of rotatable bonds is 4. The number of carboxylic acids is 1. The molecule has 1 fully saturated rings. The summed E-state index contributed by atoms with van der Waals surface area (Å²) in [6.45, 7) is 2.02. The predicted octanol–water partition coefficient (Wildman–Crippen LogP) is 1.18. The lowest BCUT2D eigenvalue weighted by Crippen LogP contribution is -2.26. The zero-order valence-electron chi connectivity index (χ0n) is 11.4. The van der Waals surface area contributed by atoms with Crippen LogP contribution in [-0.4, -0.2) is 33.9 Å². The highest BCUT2D eigenvalue weighted by Gasteiger charge is 2.14. The Morgan fingerprint density at radius 1 is 1.33 bits per heavy atom. The quantitative estimate of drug-likeness (QED) is 0.909. The number of carboxylic acid groups (broad SMARTS) is 1. The molecule has 0 spiro atoms. The van der Waals surface area contributed by atoms with Gasteiger partial charge in [-0.15, -0.1) is 0 Å². The molecule has 1 aliphatic heterocycles. The SMILES string of the molecule is O=C(O)c1coc(Cn2ncc(N3CCCC3)cc2=O)c1. The topological polar surface area (TPSA) is 88.6 Å². The molecule has 3 rings (SSSR count). The number of aromatic nitrogens is 2. The van der Waals surface area contributed by atoms with Gasteiger partial charge in [-0.05, 0) is 18.9 Å². The highest BCUT2D eigenvalue weighted by Crippen LogP contribution is 2.17. The second kappa shape index (κ2) is 5.43. The van der Waals surface area contributed by atoms with E-state index in [9.17, 15) is 9.59 Å². The molecule has 7 nitrogen and oxygen atoms in total. The number of hydrogen-bond acceptors (Lipinski definition) is 5. The van der Waals surface area contributed by atoms with Crippen molar-refractivity contribution in [2.24, 2.45) is 0 Å². The summed E-state index contributed by atoms with van der Waals surface area (Å²) in [5.74, 6) is -0.675. The molecule has 1 saturated heterocycles. The average molecular weight is 289 g/mol. The minimum atomic E-state index is -1.06. The highest BCUT2D eigenvalue weighted by molar-refractivity contribution is 5.87. The molecule has 7 heteroatoms. The molecule has 0 aliphatic carbocycles. The molecule has 0 bridgehead atoms. The number of aromatic carboxylic acids is 1. The zero-order valence-corrected chi connectivity index (χ0v) is 11.4. The molecule has 1 aliphatic rings. The fourth-order valence-electron chi connectivity index (χ4n) is 2.41. The molecule has 0 amide bonds. The van der Waals surface area contributed by atoms with E-state index in [1.807, 2.05) is 0 Å². The van der Waals surface area contributed by atoms with E-state index in [0.29, 0.717) is 5.76 Å². The second-order valence-corrected chi connectivity index (χ2v) is 5.01. The van der Waals surface area contributed by atoms with E-state index in [0.717, 1.165) is 37.9 Å². The first-order valence-electron chi connectivity index (χ1n) is 6.76. The summed E-state index contributed by atoms with van der Waals surface area (Å²) in [4.78, 5) is 25.0. The average Bonchev–Trinajstić information content (AvgIpc) is 3.12. The Balaban J connectivity index is 1.79. The zero-order chi connectivity index (χ0) is 14.8. The molecule has 21 heavy (non-hydrogen) atoms. The van der Waals surface area contributed by atoms with Gasteiger partial charge in [-0.2, -0.15) is 5.10 Å². The van der Waals surface area contributed by atoms with Crippen molar-refractivity contribution in [2.45, 2.75) is 19.4 Å². The molecule has 2 aromatic rings. The summed E-state index contributed by atoms with van der Waals surface area (Å²) in [6, 6.07) is 2.95. The monoisotopic (exact) mass is 289 g/mol. The molecule has 3 heterocycles. The molecule has 110 valence electrons. The fourth-order valence-corrected chi connectivity index (χ4v) is 2.41. The van der Waals surface area contributed by atoms with Gasteiger partial charge in [0.2, 0.25) is 0 Å². The number of furan rings is 1. The molecule has 0 saturated carbocycles. The normalized spacial score (nSPS) is 14.6. The Labute approximate surface area is 120 Å². The molecular weight excluding hydrogens is 274 g/mol. The summed E-state index contributed by atoms with van der Waals surface area (Å²) in [7, 11) is 0. The first kappa shape index (κ1) is 13.4. The van der Waals surface area contributed by atoms with Crippen LogP contribution in [0, 0.1) is 0 Å². The fraction of sp³-hybridized carbons (Fsp3) is 0.357. The van der Waals surface area contributed by atoms with Crippen molar-refractivity contribution in [3.05, 3.63) is 46.3 Å². The van der Waals surface area contributed by atoms with Crippen LogP contribution < -0.4 is 10.5 Å². The maximum Gasteiger partial charge on any atom is 0.338 e. The Morgan fingerprint density at radius 2 is 2.10 bits per heavy atom. The minimum absolute atomic E-state index is 0.0618. The molecule has 1 N–H and O–H groups in total. The van der Waals surface area contributed by atoms with Gasteiger partial charge >= 0.3 is 5.97 Å². The van der Waals surface area contributed by atoms with E-state index in [1.165, 1.54) is 10.7 Å². The van der Waals surface area contributed by atoms with Gasteiger partial charge in [0.1, 0.15) is 18.6 Å². The van der Waals surface area contributed by atoms with Gasteiger partial charge in [-0.3, -0.25) is 4.79 Å². The minimum Gasteiger partial charge on any atom is -0.478 e. The van der Waals surface area contributed by atoms with E-state index in [2.05, 4.69) is 10.00 Å². The summed E-state index contributed by atoms with van der Waals surface area (Å²) >= 11 is 0. The van der Waals surface area contributed by atoms with Crippen molar-refractivity contribution in [1.82, 2.24) is 9.78 Å². The van der Waals surface area contributed by atoms with Crippen molar-refractivity contribution in [2.75, 3.05) is 18.0 Å². The van der Waals surface area contributed by atoms with Gasteiger partial charge in [0.05, 0.1) is 17.4 Å². The number of nitrogens with zero attached hydrogens (tertiary/aromatic N) is 3. The lowest BCUT2D eigenvalue weighted by atomic mass is 10.3. The van der Waals surface area contributed by atoms with Crippen LogP contribution in [-0.2, 0) is 6.54 Å². The summed E-state index contributed by atoms with van der Waals surface area (Å²) in [5.41, 5.74) is 0.666. The van der Waals surface area contributed by atoms with Crippen molar-refractivity contribution in [3.8, 4) is 0 Å². The van der Waals surface area contributed by atoms with Gasteiger partial charge in [-0.1, -0.05) is 0 Å². The van der Waals surface area contributed by atoms with Crippen LogP contribution in [0.3, 0.4) is 0 Å². The van der Waals surface area contributed by atoms with Crippen molar-refractivity contribution < 1.29 is 14.3 Å².